The van der Waals surface area contributed by atoms with E-state index >= 15 is 0 Å². The number of rotatable bonds is 4. The normalized spacial score (nSPS) is 18.3. The molecule has 4 rings (SSSR count). The molecule has 0 unspecified atom stereocenters. The summed E-state index contributed by atoms with van der Waals surface area (Å²) in [4.78, 5) is 38.0. The van der Waals surface area contributed by atoms with Crippen molar-refractivity contribution in [3.63, 3.8) is 0 Å². The number of hydrogen-bond donors (Lipinski definition) is 2. The van der Waals surface area contributed by atoms with Crippen LogP contribution in [-0.4, -0.2) is 41.4 Å². The van der Waals surface area contributed by atoms with E-state index in [0.29, 0.717) is 18.5 Å². The monoisotopic (exact) mass is 436 g/mol. The minimum absolute atomic E-state index is 0.0713. The van der Waals surface area contributed by atoms with E-state index in [9.17, 15) is 9.59 Å². The summed E-state index contributed by atoms with van der Waals surface area (Å²) in [7, 11) is 1.80. The molecule has 170 valence electrons. The molecular weight excluding hydrogens is 404 g/mol. The highest BCUT2D eigenvalue weighted by atomic mass is 16.2. The summed E-state index contributed by atoms with van der Waals surface area (Å²) in [5, 5.41) is 6.12. The van der Waals surface area contributed by atoms with E-state index in [-0.39, 0.29) is 11.8 Å². The molecule has 2 N–H and O–H groups in total. The Morgan fingerprint density at radius 1 is 1.22 bits per heavy atom. The van der Waals surface area contributed by atoms with Crippen molar-refractivity contribution in [3.05, 3.63) is 30.0 Å². The molecule has 2 aliphatic rings. The first-order chi connectivity index (χ1) is 15.2. The van der Waals surface area contributed by atoms with Gasteiger partial charge >= 0.3 is 0 Å². The number of hydrogen-bond acceptors (Lipinski definition) is 6. The van der Waals surface area contributed by atoms with E-state index in [1.165, 1.54) is 19.8 Å². The van der Waals surface area contributed by atoms with Crippen LogP contribution in [0.4, 0.5) is 28.8 Å². The fourth-order valence-electron chi connectivity index (χ4n) is 4.68. The highest BCUT2D eigenvalue weighted by Crippen LogP contribution is 2.40. The van der Waals surface area contributed by atoms with Crippen LogP contribution in [0.15, 0.2) is 24.4 Å². The standard InChI is InChI=1S/C24H32N6O2/c1-15-10-11-17(12-19(15)26-16(2)31)27-23-25-13-20-21(28-23)30(18-8-6-7-9-18)14-24(3,4)22(32)29(20)5/h10-13,18H,6-9,14H2,1-5H3,(H,26,31)(H,25,27,28). The first-order valence-electron chi connectivity index (χ1n) is 11.2. The first-order valence-corrected chi connectivity index (χ1v) is 11.2. The molecule has 1 aromatic carbocycles. The number of aromatic nitrogens is 2. The van der Waals surface area contributed by atoms with E-state index in [1.807, 2.05) is 39.0 Å². The molecule has 1 aliphatic carbocycles. The third-order valence-corrected chi connectivity index (χ3v) is 6.40. The van der Waals surface area contributed by atoms with Crippen LogP contribution < -0.4 is 20.4 Å². The van der Waals surface area contributed by atoms with Crippen LogP contribution in [0.25, 0.3) is 0 Å². The Morgan fingerprint density at radius 3 is 2.62 bits per heavy atom. The second-order valence-electron chi connectivity index (χ2n) is 9.55. The maximum Gasteiger partial charge on any atom is 0.234 e. The number of nitrogens with one attached hydrogen (secondary N) is 2. The minimum atomic E-state index is -0.518. The zero-order valence-electron chi connectivity index (χ0n) is 19.5. The lowest BCUT2D eigenvalue weighted by Gasteiger charge is -2.34. The number of carbonyl (C=O) groups is 2. The summed E-state index contributed by atoms with van der Waals surface area (Å²) in [5.74, 6) is 1.21. The van der Waals surface area contributed by atoms with Crippen LogP contribution >= 0.6 is 0 Å². The second-order valence-corrected chi connectivity index (χ2v) is 9.55. The average molecular weight is 437 g/mol. The fourth-order valence-corrected chi connectivity index (χ4v) is 4.68. The topological polar surface area (TPSA) is 90.5 Å². The molecule has 2 amide bonds. The van der Waals surface area contributed by atoms with Crippen LogP contribution in [-0.2, 0) is 9.59 Å². The van der Waals surface area contributed by atoms with Gasteiger partial charge in [0, 0.05) is 37.9 Å². The molecule has 8 nitrogen and oxygen atoms in total. The fraction of sp³-hybridized carbons (Fsp3) is 0.500. The van der Waals surface area contributed by atoms with Crippen molar-refractivity contribution in [2.45, 2.75) is 59.4 Å². The van der Waals surface area contributed by atoms with Crippen molar-refractivity contribution >= 4 is 40.6 Å². The predicted octanol–water partition coefficient (Wildman–Crippen LogP) is 4.24. The number of nitrogens with zero attached hydrogens (tertiary/aromatic N) is 4. The van der Waals surface area contributed by atoms with E-state index in [2.05, 4.69) is 20.5 Å². The molecule has 2 aromatic rings. The van der Waals surface area contributed by atoms with Gasteiger partial charge < -0.3 is 20.4 Å². The Labute approximate surface area is 189 Å². The molecule has 1 aliphatic heterocycles. The summed E-state index contributed by atoms with van der Waals surface area (Å²) >= 11 is 0. The molecule has 0 radical (unpaired) electrons. The van der Waals surface area contributed by atoms with Crippen LogP contribution in [0.5, 0.6) is 0 Å². The highest BCUT2D eigenvalue weighted by molar-refractivity contribution is 6.00. The van der Waals surface area contributed by atoms with Gasteiger partial charge in [-0.2, -0.15) is 4.98 Å². The maximum atomic E-state index is 13.1. The van der Waals surface area contributed by atoms with E-state index < -0.39 is 5.41 Å². The van der Waals surface area contributed by atoms with Crippen LogP contribution in [0.2, 0.25) is 0 Å². The van der Waals surface area contributed by atoms with Crippen molar-refractivity contribution in [2.24, 2.45) is 5.41 Å². The zero-order valence-corrected chi connectivity index (χ0v) is 19.5. The van der Waals surface area contributed by atoms with Crippen molar-refractivity contribution in [3.8, 4) is 0 Å². The number of benzene rings is 1. The highest BCUT2D eigenvalue weighted by Gasteiger charge is 2.41. The smallest absolute Gasteiger partial charge is 0.234 e. The number of carbonyl (C=O) groups excluding carboxylic acids is 2. The molecule has 1 aromatic heterocycles. The van der Waals surface area contributed by atoms with E-state index in [4.69, 9.17) is 4.98 Å². The Hall–Kier alpha value is -3.16. The van der Waals surface area contributed by atoms with Gasteiger partial charge in [0.25, 0.3) is 0 Å². The summed E-state index contributed by atoms with van der Waals surface area (Å²) in [6.07, 6.45) is 6.35. The molecule has 8 heteroatoms. The largest absolute Gasteiger partial charge is 0.351 e. The van der Waals surface area contributed by atoms with Crippen molar-refractivity contribution in [1.82, 2.24) is 9.97 Å². The molecular formula is C24H32N6O2. The van der Waals surface area contributed by atoms with Gasteiger partial charge in [-0.3, -0.25) is 9.59 Å². The van der Waals surface area contributed by atoms with E-state index in [1.54, 1.807) is 18.1 Å². The van der Waals surface area contributed by atoms with Crippen molar-refractivity contribution < 1.29 is 9.59 Å². The third kappa shape index (κ3) is 4.26. The van der Waals surface area contributed by atoms with Gasteiger partial charge in [0.1, 0.15) is 5.69 Å². The lowest BCUT2D eigenvalue weighted by molar-refractivity contribution is -0.125. The quantitative estimate of drug-likeness (QED) is 0.745. The average Bonchev–Trinajstić information content (AvgIpc) is 3.25. The second kappa shape index (κ2) is 8.41. The molecule has 0 saturated heterocycles. The number of amides is 2. The summed E-state index contributed by atoms with van der Waals surface area (Å²) in [5.41, 5.74) is 2.72. The van der Waals surface area contributed by atoms with Gasteiger partial charge in [0.15, 0.2) is 5.82 Å². The molecule has 1 saturated carbocycles. The van der Waals surface area contributed by atoms with Gasteiger partial charge in [-0.05, 0) is 51.3 Å². The SMILES string of the molecule is CC(=O)Nc1cc(Nc2ncc3c(n2)N(C2CCCC2)CC(C)(C)C(=O)N3C)ccc1C. The number of fused-ring (bicyclic) bond motifs is 1. The lowest BCUT2D eigenvalue weighted by atomic mass is 9.91. The molecule has 1 fully saturated rings. The minimum Gasteiger partial charge on any atom is -0.351 e. The number of anilines is 5. The first kappa shape index (κ1) is 22.0. The van der Waals surface area contributed by atoms with Crippen LogP contribution in [0.3, 0.4) is 0 Å². The van der Waals surface area contributed by atoms with Gasteiger partial charge in [-0.1, -0.05) is 18.9 Å². The molecule has 2 heterocycles. The van der Waals surface area contributed by atoms with E-state index in [0.717, 1.165) is 41.3 Å². The van der Waals surface area contributed by atoms with Gasteiger partial charge in [0.05, 0.1) is 11.6 Å². The third-order valence-electron chi connectivity index (χ3n) is 6.40. The summed E-state index contributed by atoms with van der Waals surface area (Å²) in [6.45, 7) is 8.07. The Morgan fingerprint density at radius 2 is 1.94 bits per heavy atom. The van der Waals surface area contributed by atoms with Crippen LogP contribution in [0.1, 0.15) is 52.0 Å². The molecule has 0 atom stereocenters. The molecule has 32 heavy (non-hydrogen) atoms. The molecule has 0 spiro atoms. The maximum absolute atomic E-state index is 13.1. The van der Waals surface area contributed by atoms with Crippen molar-refractivity contribution in [1.29, 1.82) is 0 Å². The van der Waals surface area contributed by atoms with Crippen LogP contribution in [0, 0.1) is 12.3 Å². The lowest BCUT2D eigenvalue weighted by Crippen LogP contribution is -2.45. The molecule has 0 bridgehead atoms. The zero-order chi connectivity index (χ0) is 23.0. The predicted molar refractivity (Wildman–Crippen MR) is 128 cm³/mol. The van der Waals surface area contributed by atoms with Gasteiger partial charge in [-0.25, -0.2) is 4.98 Å². The van der Waals surface area contributed by atoms with Crippen molar-refractivity contribution in [2.75, 3.05) is 34.0 Å². The Balaban J connectivity index is 1.71. The van der Waals surface area contributed by atoms with Gasteiger partial charge in [0.2, 0.25) is 17.8 Å². The summed E-state index contributed by atoms with van der Waals surface area (Å²) in [6, 6.07) is 6.13. The summed E-state index contributed by atoms with van der Waals surface area (Å²) < 4.78 is 0. The Kier molecular flexibility index (Phi) is 5.79. The van der Waals surface area contributed by atoms with Gasteiger partial charge in [-0.15, -0.1) is 0 Å². The Bertz CT molecular complexity index is 1040. The number of aryl methyl sites for hydroxylation is 1.